The molecule has 0 radical (unpaired) electrons. The summed E-state index contributed by atoms with van der Waals surface area (Å²) in [6, 6.07) is 7.84. The molecule has 1 aromatic heterocycles. The van der Waals surface area contributed by atoms with Crippen LogP contribution >= 0.6 is 11.8 Å². The van der Waals surface area contributed by atoms with E-state index in [1.54, 1.807) is 0 Å². The van der Waals surface area contributed by atoms with Crippen molar-refractivity contribution in [1.29, 1.82) is 0 Å². The van der Waals surface area contributed by atoms with Crippen LogP contribution in [-0.4, -0.2) is 28.2 Å². The predicted molar refractivity (Wildman–Crippen MR) is 70.1 cm³/mol. The SMILES string of the molecule is CCCNC(=O)CSc1nc2ccccc2[nH]1. The van der Waals surface area contributed by atoms with Crippen molar-refractivity contribution in [3.63, 3.8) is 0 Å². The van der Waals surface area contributed by atoms with Gasteiger partial charge in [-0.1, -0.05) is 30.8 Å². The van der Waals surface area contributed by atoms with Crippen molar-refractivity contribution in [1.82, 2.24) is 15.3 Å². The Hall–Kier alpha value is -1.49. The van der Waals surface area contributed by atoms with Crippen molar-refractivity contribution in [3.8, 4) is 0 Å². The number of fused-ring (bicyclic) bond motifs is 1. The van der Waals surface area contributed by atoms with Gasteiger partial charge in [0.05, 0.1) is 16.8 Å². The zero-order valence-corrected chi connectivity index (χ0v) is 10.5. The van der Waals surface area contributed by atoms with Crippen molar-refractivity contribution >= 4 is 28.7 Å². The number of carbonyl (C=O) groups is 1. The predicted octanol–water partition coefficient (Wildman–Crippen LogP) is 2.18. The number of imidazole rings is 1. The molecule has 0 unspecified atom stereocenters. The highest BCUT2D eigenvalue weighted by molar-refractivity contribution is 7.99. The molecule has 0 bridgehead atoms. The fourth-order valence-corrected chi connectivity index (χ4v) is 2.16. The number of nitrogens with one attached hydrogen (secondary N) is 2. The average molecular weight is 249 g/mol. The van der Waals surface area contributed by atoms with Crippen molar-refractivity contribution < 1.29 is 4.79 Å². The minimum atomic E-state index is 0.0531. The first-order chi connectivity index (χ1) is 8.29. The second-order valence-electron chi connectivity index (χ2n) is 3.70. The van der Waals surface area contributed by atoms with Crippen molar-refractivity contribution in [3.05, 3.63) is 24.3 Å². The Bertz CT molecular complexity index is 476. The summed E-state index contributed by atoms with van der Waals surface area (Å²) in [6.07, 6.45) is 0.959. The summed E-state index contributed by atoms with van der Waals surface area (Å²) in [5, 5.41) is 3.62. The van der Waals surface area contributed by atoms with E-state index in [4.69, 9.17) is 0 Å². The molecule has 0 aliphatic rings. The Labute approximate surface area is 104 Å². The number of hydrogen-bond acceptors (Lipinski definition) is 3. The lowest BCUT2D eigenvalue weighted by atomic mass is 10.3. The molecule has 17 heavy (non-hydrogen) atoms. The molecule has 0 aliphatic carbocycles. The van der Waals surface area contributed by atoms with E-state index in [9.17, 15) is 4.79 Å². The van der Waals surface area contributed by atoms with Crippen LogP contribution in [0.4, 0.5) is 0 Å². The smallest absolute Gasteiger partial charge is 0.230 e. The highest BCUT2D eigenvalue weighted by Crippen LogP contribution is 2.18. The second kappa shape index (κ2) is 5.72. The van der Waals surface area contributed by atoms with E-state index in [-0.39, 0.29) is 5.91 Å². The minimum absolute atomic E-state index is 0.0531. The zero-order chi connectivity index (χ0) is 12.1. The van der Waals surface area contributed by atoms with Gasteiger partial charge in [-0.15, -0.1) is 0 Å². The number of carbonyl (C=O) groups excluding carboxylic acids is 1. The maximum absolute atomic E-state index is 11.4. The lowest BCUT2D eigenvalue weighted by Gasteiger charge is -2.00. The van der Waals surface area contributed by atoms with Crippen LogP contribution in [0, 0.1) is 0 Å². The Morgan fingerprint density at radius 1 is 1.47 bits per heavy atom. The second-order valence-corrected chi connectivity index (χ2v) is 4.66. The molecule has 90 valence electrons. The number of aromatic nitrogens is 2. The number of para-hydroxylation sites is 2. The van der Waals surface area contributed by atoms with Crippen LogP contribution in [0.1, 0.15) is 13.3 Å². The highest BCUT2D eigenvalue weighted by atomic mass is 32.2. The van der Waals surface area contributed by atoms with Gasteiger partial charge in [0.15, 0.2) is 5.16 Å². The Morgan fingerprint density at radius 2 is 2.29 bits per heavy atom. The quantitative estimate of drug-likeness (QED) is 0.799. The maximum Gasteiger partial charge on any atom is 0.230 e. The lowest BCUT2D eigenvalue weighted by molar-refractivity contribution is -0.118. The summed E-state index contributed by atoms with van der Waals surface area (Å²) < 4.78 is 0. The van der Waals surface area contributed by atoms with E-state index in [1.165, 1.54) is 11.8 Å². The summed E-state index contributed by atoms with van der Waals surface area (Å²) >= 11 is 1.43. The normalized spacial score (nSPS) is 10.6. The van der Waals surface area contributed by atoms with Gasteiger partial charge in [0, 0.05) is 6.54 Å². The highest BCUT2D eigenvalue weighted by Gasteiger charge is 2.05. The third-order valence-electron chi connectivity index (χ3n) is 2.28. The Balaban J connectivity index is 1.92. The van der Waals surface area contributed by atoms with Gasteiger partial charge in [0.25, 0.3) is 0 Å². The molecule has 0 aliphatic heterocycles. The standard InChI is InChI=1S/C12H15N3OS/c1-2-7-13-11(16)8-17-12-14-9-5-3-4-6-10(9)15-12/h3-6H,2,7-8H2,1H3,(H,13,16)(H,14,15). The van der Waals surface area contributed by atoms with Crippen molar-refractivity contribution in [2.24, 2.45) is 0 Å². The zero-order valence-electron chi connectivity index (χ0n) is 9.69. The van der Waals surface area contributed by atoms with Crippen molar-refractivity contribution in [2.75, 3.05) is 12.3 Å². The molecule has 1 amide bonds. The summed E-state index contributed by atoms with van der Waals surface area (Å²) in [6.45, 7) is 2.77. The van der Waals surface area contributed by atoms with Crippen LogP contribution < -0.4 is 5.32 Å². The molecule has 0 spiro atoms. The van der Waals surface area contributed by atoms with E-state index >= 15 is 0 Å². The van der Waals surface area contributed by atoms with Gasteiger partial charge in [-0.2, -0.15) is 0 Å². The molecule has 5 heteroatoms. The third-order valence-corrected chi connectivity index (χ3v) is 3.15. The summed E-state index contributed by atoms with van der Waals surface area (Å²) in [4.78, 5) is 19.0. The van der Waals surface area contributed by atoms with Gasteiger partial charge in [0.1, 0.15) is 0 Å². The molecular weight excluding hydrogens is 234 g/mol. The van der Waals surface area contributed by atoms with Crippen LogP contribution in [0.3, 0.4) is 0 Å². The molecule has 0 saturated heterocycles. The number of rotatable bonds is 5. The number of thioether (sulfide) groups is 1. The van der Waals surface area contributed by atoms with Gasteiger partial charge in [-0.3, -0.25) is 4.79 Å². The molecule has 2 aromatic rings. The summed E-state index contributed by atoms with van der Waals surface area (Å²) in [5.41, 5.74) is 1.94. The molecule has 1 aromatic carbocycles. The first kappa shape index (κ1) is 12.0. The van der Waals surface area contributed by atoms with Crippen LogP contribution in [0.25, 0.3) is 11.0 Å². The van der Waals surface area contributed by atoms with Gasteiger partial charge in [0.2, 0.25) is 5.91 Å². The minimum Gasteiger partial charge on any atom is -0.355 e. The Morgan fingerprint density at radius 3 is 3.06 bits per heavy atom. The molecular formula is C12H15N3OS. The first-order valence-corrected chi connectivity index (χ1v) is 6.62. The lowest BCUT2D eigenvalue weighted by Crippen LogP contribution is -2.25. The van der Waals surface area contributed by atoms with E-state index in [0.717, 1.165) is 29.2 Å². The summed E-state index contributed by atoms with van der Waals surface area (Å²) in [5.74, 6) is 0.456. The van der Waals surface area contributed by atoms with Gasteiger partial charge >= 0.3 is 0 Å². The van der Waals surface area contributed by atoms with Crippen molar-refractivity contribution in [2.45, 2.75) is 18.5 Å². The number of amides is 1. The third kappa shape index (κ3) is 3.23. The van der Waals surface area contributed by atoms with Crippen LogP contribution in [0.2, 0.25) is 0 Å². The monoisotopic (exact) mass is 249 g/mol. The number of H-pyrrole nitrogens is 1. The number of benzene rings is 1. The van der Waals surface area contributed by atoms with E-state index < -0.39 is 0 Å². The van der Waals surface area contributed by atoms with Crippen LogP contribution in [0.5, 0.6) is 0 Å². The molecule has 2 rings (SSSR count). The maximum atomic E-state index is 11.4. The van der Waals surface area contributed by atoms with Crippen LogP contribution in [-0.2, 0) is 4.79 Å². The number of aromatic amines is 1. The van der Waals surface area contributed by atoms with Gasteiger partial charge in [-0.05, 0) is 18.6 Å². The largest absolute Gasteiger partial charge is 0.355 e. The summed E-state index contributed by atoms with van der Waals surface area (Å²) in [7, 11) is 0. The molecule has 2 N–H and O–H groups in total. The van der Waals surface area contributed by atoms with Gasteiger partial charge < -0.3 is 10.3 Å². The van der Waals surface area contributed by atoms with Gasteiger partial charge in [-0.25, -0.2) is 4.98 Å². The molecule has 0 atom stereocenters. The fraction of sp³-hybridized carbons (Fsp3) is 0.333. The Kier molecular flexibility index (Phi) is 4.03. The molecule has 4 nitrogen and oxygen atoms in total. The average Bonchev–Trinajstić information content (AvgIpc) is 2.76. The molecule has 1 heterocycles. The molecule has 0 fully saturated rings. The fourth-order valence-electron chi connectivity index (χ4n) is 1.45. The number of hydrogen-bond donors (Lipinski definition) is 2. The van der Waals surface area contributed by atoms with E-state index in [1.807, 2.05) is 31.2 Å². The topological polar surface area (TPSA) is 57.8 Å². The molecule has 0 saturated carbocycles. The first-order valence-electron chi connectivity index (χ1n) is 5.64. The van der Waals surface area contributed by atoms with Crippen LogP contribution in [0.15, 0.2) is 29.4 Å². The van der Waals surface area contributed by atoms with E-state index in [0.29, 0.717) is 5.75 Å². The number of nitrogens with zero attached hydrogens (tertiary/aromatic N) is 1. The van der Waals surface area contributed by atoms with E-state index in [2.05, 4.69) is 15.3 Å².